The summed E-state index contributed by atoms with van der Waals surface area (Å²) in [6.45, 7) is 12.4. The van der Waals surface area contributed by atoms with Gasteiger partial charge in [0, 0.05) is 20.3 Å². The standard InChI is InChI=1S/C11H24O2Si.C5H10O2.CH4O/c1-11(2,3)14(4,5)13-10-8-6-7-9-12;6-4-2-1-3-5-7;1-2/h6-7,12H,8-10H2,1-5H3;1-2,6-7H,3-5H2;2H,1H3/b7-6-;2-1-;. The van der Waals surface area contributed by atoms with Crippen LogP contribution < -0.4 is 0 Å². The Morgan fingerprint density at radius 3 is 1.61 bits per heavy atom. The van der Waals surface area contributed by atoms with Crippen molar-refractivity contribution in [2.24, 2.45) is 0 Å². The van der Waals surface area contributed by atoms with Crippen LogP contribution in [0.3, 0.4) is 0 Å². The first-order valence-electron chi connectivity index (χ1n) is 7.94. The molecule has 0 saturated carbocycles. The highest BCUT2D eigenvalue weighted by Crippen LogP contribution is 2.36. The fraction of sp³-hybridized carbons (Fsp3) is 0.765. The van der Waals surface area contributed by atoms with E-state index in [2.05, 4.69) is 33.9 Å². The first-order valence-corrected chi connectivity index (χ1v) is 10.8. The molecule has 0 heterocycles. The van der Waals surface area contributed by atoms with Crippen LogP contribution in [0, 0.1) is 0 Å². The first kappa shape index (κ1) is 27.3. The van der Waals surface area contributed by atoms with Gasteiger partial charge < -0.3 is 24.9 Å². The van der Waals surface area contributed by atoms with E-state index in [4.69, 9.17) is 24.9 Å². The van der Waals surface area contributed by atoms with Crippen molar-refractivity contribution >= 4 is 8.32 Å². The molecule has 0 saturated heterocycles. The van der Waals surface area contributed by atoms with Gasteiger partial charge in [0.05, 0.1) is 13.2 Å². The van der Waals surface area contributed by atoms with Crippen LogP contribution in [-0.4, -0.2) is 62.3 Å². The zero-order chi connectivity index (χ0) is 18.8. The molecule has 0 bridgehead atoms. The molecular formula is C17H38O5Si. The summed E-state index contributed by atoms with van der Waals surface area (Å²) >= 11 is 0. The van der Waals surface area contributed by atoms with Crippen LogP contribution in [0.5, 0.6) is 0 Å². The Kier molecular flexibility index (Phi) is 21.2. The number of aliphatic hydroxyl groups is 4. The summed E-state index contributed by atoms with van der Waals surface area (Å²) in [5.41, 5.74) is 0. The van der Waals surface area contributed by atoms with E-state index >= 15 is 0 Å². The first-order chi connectivity index (χ1) is 10.7. The van der Waals surface area contributed by atoms with Crippen LogP contribution in [0.4, 0.5) is 0 Å². The summed E-state index contributed by atoms with van der Waals surface area (Å²) in [7, 11) is -0.561. The second-order valence-electron chi connectivity index (χ2n) is 6.22. The Hall–Kier alpha value is -0.503. The molecule has 0 unspecified atom stereocenters. The lowest BCUT2D eigenvalue weighted by Gasteiger charge is -2.36. The zero-order valence-electron chi connectivity index (χ0n) is 15.7. The lowest BCUT2D eigenvalue weighted by Crippen LogP contribution is -2.40. The fourth-order valence-electron chi connectivity index (χ4n) is 1.06. The van der Waals surface area contributed by atoms with E-state index in [0.29, 0.717) is 6.42 Å². The second kappa shape index (κ2) is 17.8. The Bertz CT molecular complexity index is 283. The van der Waals surface area contributed by atoms with Crippen molar-refractivity contribution in [3.63, 3.8) is 0 Å². The van der Waals surface area contributed by atoms with Gasteiger partial charge in [0.1, 0.15) is 0 Å². The van der Waals surface area contributed by atoms with E-state index in [1.165, 1.54) is 0 Å². The number of aliphatic hydroxyl groups excluding tert-OH is 4. The third-order valence-electron chi connectivity index (χ3n) is 3.39. The topological polar surface area (TPSA) is 90.2 Å². The van der Waals surface area contributed by atoms with E-state index in [1.807, 2.05) is 6.08 Å². The lowest BCUT2D eigenvalue weighted by molar-refractivity contribution is 0.293. The van der Waals surface area contributed by atoms with Gasteiger partial charge in [-0.2, -0.15) is 0 Å². The van der Waals surface area contributed by atoms with Gasteiger partial charge in [-0.3, -0.25) is 0 Å². The third-order valence-corrected chi connectivity index (χ3v) is 7.93. The molecule has 0 spiro atoms. The Morgan fingerprint density at radius 1 is 0.826 bits per heavy atom. The molecule has 0 rings (SSSR count). The number of hydrogen-bond acceptors (Lipinski definition) is 5. The van der Waals surface area contributed by atoms with Crippen LogP contribution in [0.25, 0.3) is 0 Å². The summed E-state index contributed by atoms with van der Waals surface area (Å²) in [5, 5.41) is 32.1. The highest BCUT2D eigenvalue weighted by molar-refractivity contribution is 6.74. The average molecular weight is 351 g/mol. The zero-order valence-corrected chi connectivity index (χ0v) is 16.7. The van der Waals surface area contributed by atoms with Crippen LogP contribution in [-0.2, 0) is 4.43 Å². The maximum atomic E-state index is 8.54. The summed E-state index contributed by atoms with van der Waals surface area (Å²) in [4.78, 5) is 0. The van der Waals surface area contributed by atoms with Crippen molar-refractivity contribution in [2.45, 2.75) is 51.7 Å². The van der Waals surface area contributed by atoms with Crippen LogP contribution in [0.2, 0.25) is 18.1 Å². The summed E-state index contributed by atoms with van der Waals surface area (Å²) < 4.78 is 5.95. The third kappa shape index (κ3) is 19.5. The normalized spacial score (nSPS) is 11.9. The van der Waals surface area contributed by atoms with Gasteiger partial charge in [0.15, 0.2) is 8.32 Å². The van der Waals surface area contributed by atoms with Crippen molar-refractivity contribution in [2.75, 3.05) is 33.5 Å². The van der Waals surface area contributed by atoms with Crippen molar-refractivity contribution in [1.29, 1.82) is 0 Å². The highest BCUT2D eigenvalue weighted by atomic mass is 28.4. The van der Waals surface area contributed by atoms with Gasteiger partial charge in [-0.1, -0.05) is 45.1 Å². The molecule has 6 heteroatoms. The second-order valence-corrected chi connectivity index (χ2v) is 11.0. The molecule has 4 N–H and O–H groups in total. The molecule has 5 nitrogen and oxygen atoms in total. The van der Waals surface area contributed by atoms with E-state index in [9.17, 15) is 0 Å². The lowest BCUT2D eigenvalue weighted by atomic mass is 10.2. The molecule has 0 aromatic carbocycles. The fourth-order valence-corrected chi connectivity index (χ4v) is 2.12. The van der Waals surface area contributed by atoms with E-state index in [1.54, 1.807) is 18.2 Å². The minimum Gasteiger partial charge on any atom is -0.417 e. The Morgan fingerprint density at radius 2 is 1.26 bits per heavy atom. The minimum absolute atomic E-state index is 0.0694. The maximum Gasteiger partial charge on any atom is 0.191 e. The molecule has 0 aromatic heterocycles. The molecule has 23 heavy (non-hydrogen) atoms. The Balaban J connectivity index is -0.000000373. The predicted octanol–water partition coefficient (Wildman–Crippen LogP) is 2.47. The Labute approximate surface area is 143 Å². The quantitative estimate of drug-likeness (QED) is 0.307. The molecule has 140 valence electrons. The van der Waals surface area contributed by atoms with Gasteiger partial charge in [-0.15, -0.1) is 0 Å². The molecule has 0 aliphatic heterocycles. The highest BCUT2D eigenvalue weighted by Gasteiger charge is 2.36. The monoisotopic (exact) mass is 350 g/mol. The molecular weight excluding hydrogens is 312 g/mol. The van der Waals surface area contributed by atoms with E-state index in [-0.39, 0.29) is 24.9 Å². The molecule has 0 fully saturated rings. The number of hydrogen-bond donors (Lipinski definition) is 4. The van der Waals surface area contributed by atoms with Gasteiger partial charge in [-0.05, 0) is 31.0 Å². The SMILES string of the molecule is CC(C)(C)[Si](C)(C)OCC/C=C\CO.CO.OC/C=C\CCO. The summed E-state index contributed by atoms with van der Waals surface area (Å²) in [5.74, 6) is 0. The van der Waals surface area contributed by atoms with Crippen LogP contribution >= 0.6 is 0 Å². The summed E-state index contributed by atoms with van der Waals surface area (Å²) in [6, 6.07) is 0. The maximum absolute atomic E-state index is 8.54. The van der Waals surface area contributed by atoms with Crippen LogP contribution in [0.1, 0.15) is 33.6 Å². The van der Waals surface area contributed by atoms with Gasteiger partial charge in [-0.25, -0.2) is 0 Å². The minimum atomic E-state index is -1.56. The average Bonchev–Trinajstić information content (AvgIpc) is 2.49. The van der Waals surface area contributed by atoms with E-state index < -0.39 is 8.32 Å². The van der Waals surface area contributed by atoms with E-state index in [0.717, 1.165) is 20.1 Å². The molecule has 0 aliphatic carbocycles. The van der Waals surface area contributed by atoms with Gasteiger partial charge >= 0.3 is 0 Å². The van der Waals surface area contributed by atoms with Crippen molar-refractivity contribution in [3.8, 4) is 0 Å². The van der Waals surface area contributed by atoms with Crippen molar-refractivity contribution < 1.29 is 24.9 Å². The van der Waals surface area contributed by atoms with Crippen LogP contribution in [0.15, 0.2) is 24.3 Å². The smallest absolute Gasteiger partial charge is 0.191 e. The molecule has 0 amide bonds. The molecule has 0 aromatic rings. The molecule has 0 radical (unpaired) electrons. The van der Waals surface area contributed by atoms with Crippen molar-refractivity contribution in [3.05, 3.63) is 24.3 Å². The van der Waals surface area contributed by atoms with Gasteiger partial charge in [0.25, 0.3) is 0 Å². The largest absolute Gasteiger partial charge is 0.417 e. The predicted molar refractivity (Wildman–Crippen MR) is 100 cm³/mol. The van der Waals surface area contributed by atoms with Gasteiger partial charge in [0.2, 0.25) is 0 Å². The number of rotatable bonds is 8. The molecule has 0 aliphatic rings. The van der Waals surface area contributed by atoms with Crippen molar-refractivity contribution in [1.82, 2.24) is 0 Å². The molecule has 0 atom stereocenters. The summed E-state index contributed by atoms with van der Waals surface area (Å²) in [6.07, 6.45) is 8.60.